The predicted molar refractivity (Wildman–Crippen MR) is 105 cm³/mol. The summed E-state index contributed by atoms with van der Waals surface area (Å²) in [5.74, 6) is 1.22. The highest BCUT2D eigenvalue weighted by Gasteiger charge is 2.04. The van der Waals surface area contributed by atoms with Crippen molar-refractivity contribution in [3.63, 3.8) is 0 Å². The van der Waals surface area contributed by atoms with Crippen LogP contribution in [0.3, 0.4) is 0 Å². The lowest BCUT2D eigenvalue weighted by molar-refractivity contribution is -0.115. The summed E-state index contributed by atoms with van der Waals surface area (Å²) in [7, 11) is 0. The van der Waals surface area contributed by atoms with Crippen LogP contribution in [0.2, 0.25) is 0 Å². The number of para-hydroxylation sites is 1. The number of rotatable bonds is 6. The fourth-order valence-electron chi connectivity index (χ4n) is 2.37. The fourth-order valence-corrected chi connectivity index (χ4v) is 2.37. The molecule has 6 heteroatoms. The van der Waals surface area contributed by atoms with Gasteiger partial charge in [-0.25, -0.2) is 4.98 Å². The van der Waals surface area contributed by atoms with Crippen LogP contribution in [0.25, 0.3) is 0 Å². The standard InChI is InChI=1S/C20H21N5O/c1-3-19(26)23-16-9-11-17(12-10-16)24-20-21-14(2)13-18(25-20)22-15-7-5-4-6-8-15/h4-13H,3H2,1-2H3,(H,23,26)(H2,21,22,24,25). The van der Waals surface area contributed by atoms with Crippen molar-refractivity contribution in [1.82, 2.24) is 9.97 Å². The van der Waals surface area contributed by atoms with Crippen LogP contribution in [0.15, 0.2) is 60.7 Å². The van der Waals surface area contributed by atoms with Crippen molar-refractivity contribution in [3.8, 4) is 0 Å². The second-order valence-corrected chi connectivity index (χ2v) is 5.81. The minimum Gasteiger partial charge on any atom is -0.340 e. The molecule has 0 fully saturated rings. The predicted octanol–water partition coefficient (Wildman–Crippen LogP) is 4.62. The van der Waals surface area contributed by atoms with Gasteiger partial charge in [-0.3, -0.25) is 4.79 Å². The summed E-state index contributed by atoms with van der Waals surface area (Å²) < 4.78 is 0. The van der Waals surface area contributed by atoms with E-state index in [0.29, 0.717) is 12.4 Å². The van der Waals surface area contributed by atoms with Crippen LogP contribution in [0, 0.1) is 6.92 Å². The average Bonchev–Trinajstić information content (AvgIpc) is 2.63. The number of carbonyl (C=O) groups excluding carboxylic acids is 1. The summed E-state index contributed by atoms with van der Waals surface area (Å²) in [4.78, 5) is 20.4. The number of hydrogen-bond donors (Lipinski definition) is 3. The van der Waals surface area contributed by atoms with Crippen LogP contribution in [0.4, 0.5) is 28.8 Å². The third-order valence-electron chi connectivity index (χ3n) is 3.65. The maximum atomic E-state index is 11.4. The molecule has 0 aliphatic heterocycles. The first-order chi connectivity index (χ1) is 12.6. The van der Waals surface area contributed by atoms with Crippen molar-refractivity contribution in [2.24, 2.45) is 0 Å². The Morgan fingerprint density at radius 3 is 2.23 bits per heavy atom. The number of nitrogens with zero attached hydrogens (tertiary/aromatic N) is 2. The fraction of sp³-hybridized carbons (Fsp3) is 0.150. The Balaban J connectivity index is 1.72. The molecule has 0 bridgehead atoms. The normalized spacial score (nSPS) is 10.2. The molecule has 0 radical (unpaired) electrons. The van der Waals surface area contributed by atoms with Crippen LogP contribution in [-0.4, -0.2) is 15.9 Å². The lowest BCUT2D eigenvalue weighted by atomic mass is 10.2. The zero-order valence-corrected chi connectivity index (χ0v) is 14.8. The van der Waals surface area contributed by atoms with Crippen molar-refractivity contribution >= 4 is 34.7 Å². The van der Waals surface area contributed by atoms with Gasteiger partial charge >= 0.3 is 0 Å². The lowest BCUT2D eigenvalue weighted by Gasteiger charge is -2.10. The zero-order chi connectivity index (χ0) is 18.4. The average molecular weight is 347 g/mol. The van der Waals surface area contributed by atoms with E-state index in [-0.39, 0.29) is 5.91 Å². The molecule has 26 heavy (non-hydrogen) atoms. The Morgan fingerprint density at radius 2 is 1.54 bits per heavy atom. The Labute approximate surface area is 152 Å². The van der Waals surface area contributed by atoms with Crippen LogP contribution in [0.1, 0.15) is 19.0 Å². The number of anilines is 5. The third kappa shape index (κ3) is 4.80. The van der Waals surface area contributed by atoms with Gasteiger partial charge in [-0.2, -0.15) is 4.98 Å². The van der Waals surface area contributed by atoms with Gasteiger partial charge in [0.1, 0.15) is 5.82 Å². The number of benzene rings is 2. The topological polar surface area (TPSA) is 78.9 Å². The summed E-state index contributed by atoms with van der Waals surface area (Å²) >= 11 is 0. The van der Waals surface area contributed by atoms with Gasteiger partial charge in [-0.15, -0.1) is 0 Å². The van der Waals surface area contributed by atoms with Gasteiger partial charge in [-0.05, 0) is 43.3 Å². The molecule has 6 nitrogen and oxygen atoms in total. The molecular formula is C20H21N5O. The maximum absolute atomic E-state index is 11.4. The second kappa shape index (κ2) is 8.11. The van der Waals surface area contributed by atoms with Gasteiger partial charge in [0.2, 0.25) is 11.9 Å². The van der Waals surface area contributed by atoms with Gasteiger partial charge in [0.25, 0.3) is 0 Å². The summed E-state index contributed by atoms with van der Waals surface area (Å²) in [6.07, 6.45) is 0.453. The lowest BCUT2D eigenvalue weighted by Crippen LogP contribution is -2.09. The highest BCUT2D eigenvalue weighted by atomic mass is 16.1. The molecular weight excluding hydrogens is 326 g/mol. The van der Waals surface area contributed by atoms with E-state index in [1.807, 2.05) is 74.5 Å². The Hall–Kier alpha value is -3.41. The smallest absolute Gasteiger partial charge is 0.229 e. The molecule has 0 saturated heterocycles. The number of amides is 1. The van der Waals surface area contributed by atoms with E-state index >= 15 is 0 Å². The van der Waals surface area contributed by atoms with E-state index in [0.717, 1.165) is 28.6 Å². The molecule has 3 N–H and O–H groups in total. The SMILES string of the molecule is CCC(=O)Nc1ccc(Nc2nc(C)cc(Nc3ccccc3)n2)cc1. The minimum atomic E-state index is -0.00986. The molecule has 132 valence electrons. The monoisotopic (exact) mass is 347 g/mol. The molecule has 0 atom stereocenters. The molecule has 3 aromatic rings. The highest BCUT2D eigenvalue weighted by Crippen LogP contribution is 2.20. The van der Waals surface area contributed by atoms with E-state index in [2.05, 4.69) is 25.9 Å². The number of aromatic nitrogens is 2. The van der Waals surface area contributed by atoms with Gasteiger partial charge < -0.3 is 16.0 Å². The third-order valence-corrected chi connectivity index (χ3v) is 3.65. The second-order valence-electron chi connectivity index (χ2n) is 5.81. The van der Waals surface area contributed by atoms with Gasteiger partial charge in [0, 0.05) is 35.2 Å². The van der Waals surface area contributed by atoms with E-state index < -0.39 is 0 Å². The van der Waals surface area contributed by atoms with Crippen LogP contribution >= 0.6 is 0 Å². The van der Waals surface area contributed by atoms with Crippen molar-refractivity contribution in [3.05, 3.63) is 66.4 Å². The van der Waals surface area contributed by atoms with Crippen LogP contribution < -0.4 is 16.0 Å². The Bertz CT molecular complexity index is 878. The Morgan fingerprint density at radius 1 is 0.885 bits per heavy atom. The summed E-state index contributed by atoms with van der Waals surface area (Å²) in [6.45, 7) is 3.74. The van der Waals surface area contributed by atoms with Crippen molar-refractivity contribution < 1.29 is 4.79 Å². The molecule has 1 amide bonds. The zero-order valence-electron chi connectivity index (χ0n) is 14.8. The van der Waals surface area contributed by atoms with E-state index in [4.69, 9.17) is 0 Å². The number of carbonyl (C=O) groups is 1. The summed E-state index contributed by atoms with van der Waals surface area (Å²) in [5.41, 5.74) is 3.43. The van der Waals surface area contributed by atoms with Crippen molar-refractivity contribution in [1.29, 1.82) is 0 Å². The first-order valence-corrected chi connectivity index (χ1v) is 8.47. The number of nitrogens with one attached hydrogen (secondary N) is 3. The van der Waals surface area contributed by atoms with E-state index in [1.165, 1.54) is 0 Å². The van der Waals surface area contributed by atoms with Crippen molar-refractivity contribution in [2.75, 3.05) is 16.0 Å². The first-order valence-electron chi connectivity index (χ1n) is 8.47. The van der Waals surface area contributed by atoms with Crippen LogP contribution in [-0.2, 0) is 4.79 Å². The van der Waals surface area contributed by atoms with E-state index in [1.54, 1.807) is 0 Å². The van der Waals surface area contributed by atoms with Gasteiger partial charge in [0.15, 0.2) is 0 Å². The quantitative estimate of drug-likeness (QED) is 0.606. The molecule has 0 aliphatic carbocycles. The molecule has 2 aromatic carbocycles. The minimum absolute atomic E-state index is 0.00986. The van der Waals surface area contributed by atoms with Gasteiger partial charge in [0.05, 0.1) is 0 Å². The Kier molecular flexibility index (Phi) is 5.43. The molecule has 1 aromatic heterocycles. The molecule has 0 unspecified atom stereocenters. The largest absolute Gasteiger partial charge is 0.340 e. The van der Waals surface area contributed by atoms with Crippen LogP contribution in [0.5, 0.6) is 0 Å². The first kappa shape index (κ1) is 17.4. The molecule has 0 saturated carbocycles. The maximum Gasteiger partial charge on any atom is 0.229 e. The molecule has 3 rings (SSSR count). The number of hydrogen-bond acceptors (Lipinski definition) is 5. The summed E-state index contributed by atoms with van der Waals surface area (Å²) in [5, 5.41) is 9.28. The van der Waals surface area contributed by atoms with Gasteiger partial charge in [-0.1, -0.05) is 25.1 Å². The van der Waals surface area contributed by atoms with Crippen molar-refractivity contribution in [2.45, 2.75) is 20.3 Å². The molecule has 0 spiro atoms. The molecule has 0 aliphatic rings. The summed E-state index contributed by atoms with van der Waals surface area (Å²) in [6, 6.07) is 19.2. The molecule has 1 heterocycles. The van der Waals surface area contributed by atoms with E-state index in [9.17, 15) is 4.79 Å². The highest BCUT2D eigenvalue weighted by molar-refractivity contribution is 5.90. The number of aryl methyl sites for hydroxylation is 1.